The van der Waals surface area contributed by atoms with Crippen molar-refractivity contribution in [2.75, 3.05) is 0 Å². The first-order valence-electron chi connectivity index (χ1n) is 4.25. The molecule has 0 radical (unpaired) electrons. The second-order valence-corrected chi connectivity index (χ2v) is 5.05. The van der Waals surface area contributed by atoms with Gasteiger partial charge in [0.2, 0.25) is 0 Å². The van der Waals surface area contributed by atoms with E-state index in [0.717, 1.165) is 12.2 Å². The van der Waals surface area contributed by atoms with Gasteiger partial charge in [0.15, 0.2) is 0 Å². The lowest BCUT2D eigenvalue weighted by Gasteiger charge is -2.01. The molecular weight excluding hydrogens is 232 g/mol. The van der Waals surface area contributed by atoms with E-state index in [1.54, 1.807) is 6.20 Å². The van der Waals surface area contributed by atoms with Crippen LogP contribution in [0.2, 0.25) is 0 Å². The van der Waals surface area contributed by atoms with Gasteiger partial charge in [-0.15, -0.1) is 0 Å². The molecule has 3 nitrogen and oxygen atoms in total. The Labute approximate surface area is 84.7 Å². The lowest BCUT2D eigenvalue weighted by atomic mass is 10.1. The van der Waals surface area contributed by atoms with Crippen molar-refractivity contribution in [2.24, 2.45) is 5.41 Å². The molecule has 1 N–H and O–H groups in total. The van der Waals surface area contributed by atoms with E-state index in [1.165, 1.54) is 0 Å². The maximum Gasteiger partial charge on any atom is 0.265 e. The zero-order chi connectivity index (χ0) is 9.64. The molecule has 1 aliphatic carbocycles. The number of hydrogen-bond donors (Lipinski definition) is 1. The monoisotopic (exact) mass is 242 g/mol. The quantitative estimate of drug-likeness (QED) is 0.820. The van der Waals surface area contributed by atoms with Gasteiger partial charge in [0, 0.05) is 12.1 Å². The molecule has 70 valence electrons. The molecule has 1 saturated carbocycles. The van der Waals surface area contributed by atoms with Crippen LogP contribution in [0, 0.1) is 5.41 Å². The van der Waals surface area contributed by atoms with E-state index in [4.69, 9.17) is 0 Å². The van der Waals surface area contributed by atoms with Crippen LogP contribution in [-0.2, 0) is 0 Å². The maximum atomic E-state index is 11.2. The Morgan fingerprint density at radius 1 is 1.69 bits per heavy atom. The predicted octanol–water partition coefficient (Wildman–Crippen LogP) is 2.05. The first-order chi connectivity index (χ1) is 6.00. The molecule has 1 heterocycles. The van der Waals surface area contributed by atoms with Crippen molar-refractivity contribution in [3.63, 3.8) is 0 Å². The van der Waals surface area contributed by atoms with Crippen LogP contribution in [0.5, 0.6) is 0 Å². The first-order valence-corrected chi connectivity index (χ1v) is 5.05. The Bertz CT molecular complexity index is 397. The average Bonchev–Trinajstić information content (AvgIpc) is 2.66. The van der Waals surface area contributed by atoms with Gasteiger partial charge in [0.1, 0.15) is 10.3 Å². The second kappa shape index (κ2) is 2.67. The average molecular weight is 243 g/mol. The molecule has 0 bridgehead atoms. The van der Waals surface area contributed by atoms with Gasteiger partial charge < -0.3 is 4.98 Å². The van der Waals surface area contributed by atoms with E-state index in [0.29, 0.717) is 15.8 Å². The number of nitrogens with one attached hydrogen (secondary N) is 1. The molecule has 0 amide bonds. The van der Waals surface area contributed by atoms with E-state index in [9.17, 15) is 4.79 Å². The summed E-state index contributed by atoms with van der Waals surface area (Å²) < 4.78 is 0.495. The maximum absolute atomic E-state index is 11.2. The zero-order valence-corrected chi connectivity index (χ0v) is 9.18. The molecule has 0 saturated heterocycles. The highest BCUT2D eigenvalue weighted by Gasteiger charge is 2.48. The number of halogens is 1. The van der Waals surface area contributed by atoms with Gasteiger partial charge in [0.05, 0.1) is 0 Å². The molecule has 1 atom stereocenters. The standard InChI is InChI=1S/C9H11BrN2O/c1-9(2)3-5(9)7-11-4-6(10)8(13)12-7/h4-5H,3H2,1-2H3,(H,11,12,13). The van der Waals surface area contributed by atoms with Gasteiger partial charge in [-0.2, -0.15) is 0 Å². The minimum atomic E-state index is -0.0901. The highest BCUT2D eigenvalue weighted by Crippen LogP contribution is 2.57. The van der Waals surface area contributed by atoms with E-state index < -0.39 is 0 Å². The molecule has 2 rings (SSSR count). The summed E-state index contributed by atoms with van der Waals surface area (Å²) in [6.45, 7) is 4.36. The Morgan fingerprint density at radius 3 is 2.77 bits per heavy atom. The topological polar surface area (TPSA) is 45.8 Å². The van der Waals surface area contributed by atoms with Crippen LogP contribution in [0.3, 0.4) is 0 Å². The fraction of sp³-hybridized carbons (Fsp3) is 0.556. The summed E-state index contributed by atoms with van der Waals surface area (Å²) in [6.07, 6.45) is 2.68. The minimum Gasteiger partial charge on any atom is -0.309 e. The smallest absolute Gasteiger partial charge is 0.265 e. The van der Waals surface area contributed by atoms with Crippen molar-refractivity contribution < 1.29 is 0 Å². The Hall–Kier alpha value is -0.640. The van der Waals surface area contributed by atoms with Crippen LogP contribution in [-0.4, -0.2) is 9.97 Å². The molecule has 1 aromatic heterocycles. The largest absolute Gasteiger partial charge is 0.309 e. The van der Waals surface area contributed by atoms with Gasteiger partial charge in [-0.05, 0) is 27.8 Å². The third-order valence-corrected chi connectivity index (χ3v) is 3.18. The summed E-state index contributed by atoms with van der Waals surface area (Å²) in [5.74, 6) is 1.24. The SMILES string of the molecule is CC1(C)CC1c1ncc(Br)c(=O)[nH]1. The zero-order valence-electron chi connectivity index (χ0n) is 7.60. The number of H-pyrrole nitrogens is 1. The highest BCUT2D eigenvalue weighted by molar-refractivity contribution is 9.10. The summed E-state index contributed by atoms with van der Waals surface area (Å²) in [5.41, 5.74) is 0.219. The molecule has 1 aliphatic rings. The molecule has 1 unspecified atom stereocenters. The number of aromatic nitrogens is 2. The van der Waals surface area contributed by atoms with Gasteiger partial charge in [-0.3, -0.25) is 4.79 Å². The number of rotatable bonds is 1. The van der Waals surface area contributed by atoms with Crippen molar-refractivity contribution in [2.45, 2.75) is 26.2 Å². The molecule has 13 heavy (non-hydrogen) atoms. The Morgan fingerprint density at radius 2 is 2.31 bits per heavy atom. The Kier molecular flexibility index (Phi) is 1.84. The molecule has 4 heteroatoms. The Balaban J connectivity index is 2.35. The van der Waals surface area contributed by atoms with Crippen LogP contribution in [0.4, 0.5) is 0 Å². The molecule has 1 fully saturated rings. The van der Waals surface area contributed by atoms with Crippen LogP contribution < -0.4 is 5.56 Å². The lowest BCUT2D eigenvalue weighted by molar-refractivity contribution is 0.607. The van der Waals surface area contributed by atoms with Crippen molar-refractivity contribution in [3.8, 4) is 0 Å². The van der Waals surface area contributed by atoms with Crippen molar-refractivity contribution in [1.29, 1.82) is 0 Å². The second-order valence-electron chi connectivity index (χ2n) is 4.19. The van der Waals surface area contributed by atoms with Crippen LogP contribution in [0.1, 0.15) is 32.0 Å². The van der Waals surface area contributed by atoms with Crippen LogP contribution in [0.15, 0.2) is 15.5 Å². The summed E-state index contributed by atoms with van der Waals surface area (Å²) in [5, 5.41) is 0. The fourth-order valence-corrected chi connectivity index (χ4v) is 1.71. The van der Waals surface area contributed by atoms with Gasteiger partial charge in [-0.25, -0.2) is 4.98 Å². The van der Waals surface area contributed by atoms with Gasteiger partial charge in [0.25, 0.3) is 5.56 Å². The van der Waals surface area contributed by atoms with E-state index in [-0.39, 0.29) is 5.56 Å². The summed E-state index contributed by atoms with van der Waals surface area (Å²) in [4.78, 5) is 18.2. The first kappa shape index (κ1) is 8.94. The van der Waals surface area contributed by atoms with Crippen molar-refractivity contribution in [1.82, 2.24) is 9.97 Å². The highest BCUT2D eigenvalue weighted by atomic mass is 79.9. The minimum absolute atomic E-state index is 0.0901. The third kappa shape index (κ3) is 1.55. The van der Waals surface area contributed by atoms with Crippen molar-refractivity contribution in [3.05, 3.63) is 26.8 Å². The fourth-order valence-electron chi connectivity index (χ4n) is 1.50. The van der Waals surface area contributed by atoms with Gasteiger partial charge >= 0.3 is 0 Å². The number of nitrogens with zero attached hydrogens (tertiary/aromatic N) is 1. The number of hydrogen-bond acceptors (Lipinski definition) is 2. The summed E-state index contributed by atoms with van der Waals surface area (Å²) in [6, 6.07) is 0. The van der Waals surface area contributed by atoms with Crippen molar-refractivity contribution >= 4 is 15.9 Å². The normalized spacial score (nSPS) is 24.4. The third-order valence-electron chi connectivity index (χ3n) is 2.62. The number of aromatic amines is 1. The summed E-state index contributed by atoms with van der Waals surface area (Å²) >= 11 is 3.12. The molecular formula is C9H11BrN2O. The molecule has 1 aromatic rings. The predicted molar refractivity (Wildman–Crippen MR) is 53.7 cm³/mol. The molecule has 0 spiro atoms. The lowest BCUT2D eigenvalue weighted by Crippen LogP contribution is -2.11. The molecule has 0 aromatic carbocycles. The molecule has 0 aliphatic heterocycles. The van der Waals surface area contributed by atoms with Gasteiger partial charge in [-0.1, -0.05) is 13.8 Å². The van der Waals surface area contributed by atoms with E-state index in [2.05, 4.69) is 39.7 Å². The summed E-state index contributed by atoms with van der Waals surface area (Å²) in [7, 11) is 0. The van der Waals surface area contributed by atoms with E-state index >= 15 is 0 Å². The van der Waals surface area contributed by atoms with Crippen LogP contribution in [0.25, 0.3) is 0 Å². The van der Waals surface area contributed by atoms with Crippen LogP contribution >= 0.6 is 15.9 Å². The van der Waals surface area contributed by atoms with E-state index in [1.807, 2.05) is 0 Å².